The third kappa shape index (κ3) is 8.22. The second-order valence-corrected chi connectivity index (χ2v) is 14.9. The summed E-state index contributed by atoms with van der Waals surface area (Å²) in [5.41, 5.74) is 3.62. The summed E-state index contributed by atoms with van der Waals surface area (Å²) in [5, 5.41) is 2.96. The lowest BCUT2D eigenvalue weighted by atomic mass is 9.88. The zero-order chi connectivity index (χ0) is 33.9. The Labute approximate surface area is 277 Å². The van der Waals surface area contributed by atoms with Gasteiger partial charge in [0.1, 0.15) is 6.61 Å². The lowest BCUT2D eigenvalue weighted by molar-refractivity contribution is 0.0349. The topological polar surface area (TPSA) is 140 Å². The predicted molar refractivity (Wildman–Crippen MR) is 180 cm³/mol. The molecule has 0 radical (unpaired) electrons. The first-order chi connectivity index (χ1) is 22.3. The molecule has 11 nitrogen and oxygen atoms in total. The molecule has 2 aromatic carbocycles. The average Bonchev–Trinajstić information content (AvgIpc) is 2.99. The Kier molecular flexibility index (Phi) is 10.4. The maximum Gasteiger partial charge on any atom is 0.407 e. The Bertz CT molecular complexity index is 1700. The molecule has 252 valence electrons. The van der Waals surface area contributed by atoms with Crippen LogP contribution in [-0.2, 0) is 14.8 Å². The van der Waals surface area contributed by atoms with Crippen molar-refractivity contribution in [3.8, 4) is 17.1 Å². The molecule has 12 heteroatoms. The lowest BCUT2D eigenvalue weighted by Crippen LogP contribution is -2.52. The van der Waals surface area contributed by atoms with Crippen LogP contribution in [0, 0.1) is 19.8 Å². The standard InChI is InChI=1S/C35H45N5O6S/c1-21(2)17-28-20-45-31-19-30(32-23(5)9-7-10-24(32)6)37-34(38-31)39-47(43,44)29-12-8-11-25(18-29)33(41)40(28)27-15-13-26(14-16-27)36-35(42)46-22(3)4/h7-12,18-19,21-22,26-28H,13-17,20H2,1-6H3,(H,36,42)(H,37,38,39)/t26?,27?,28-/m1/s1. The van der Waals surface area contributed by atoms with Gasteiger partial charge in [-0.2, -0.15) is 4.98 Å². The SMILES string of the molecule is Cc1cccc(C)c1-c1cc2nc(n1)NS(=O)(=O)c1cccc(c1)C(=O)N(C1CCC(NC(=O)OC(C)C)CC1)[C@H](CC(C)C)CO2. The maximum atomic E-state index is 14.4. The molecule has 2 amide bonds. The summed E-state index contributed by atoms with van der Waals surface area (Å²) in [6.07, 6.45) is 2.64. The van der Waals surface area contributed by atoms with E-state index < -0.39 is 16.1 Å². The lowest BCUT2D eigenvalue weighted by Gasteiger charge is -2.42. The number of alkyl carbamates (subject to hydrolysis) is 1. The van der Waals surface area contributed by atoms with Crippen LogP contribution in [0.15, 0.2) is 53.4 Å². The number of hydrogen-bond donors (Lipinski definition) is 2. The molecule has 1 saturated carbocycles. The minimum absolute atomic E-state index is 0.0642. The van der Waals surface area contributed by atoms with Gasteiger partial charge in [0.2, 0.25) is 11.8 Å². The zero-order valence-electron chi connectivity index (χ0n) is 27.9. The number of rotatable bonds is 6. The first-order valence-electron chi connectivity index (χ1n) is 16.3. The van der Waals surface area contributed by atoms with Gasteiger partial charge in [-0.25, -0.2) is 22.9 Å². The van der Waals surface area contributed by atoms with E-state index in [1.807, 2.05) is 36.9 Å². The predicted octanol–water partition coefficient (Wildman–Crippen LogP) is 6.26. The van der Waals surface area contributed by atoms with Crippen molar-refractivity contribution in [3.05, 3.63) is 65.2 Å². The summed E-state index contributed by atoms with van der Waals surface area (Å²) in [6.45, 7) is 11.9. The van der Waals surface area contributed by atoms with Gasteiger partial charge >= 0.3 is 6.09 Å². The van der Waals surface area contributed by atoms with Crippen LogP contribution in [0.3, 0.4) is 0 Å². The van der Waals surface area contributed by atoms with Gasteiger partial charge in [-0.15, -0.1) is 0 Å². The number of sulfonamides is 1. The Morgan fingerprint density at radius 3 is 2.36 bits per heavy atom. The van der Waals surface area contributed by atoms with Crippen molar-refractivity contribution in [2.45, 2.75) is 103 Å². The van der Waals surface area contributed by atoms with Crippen molar-refractivity contribution >= 4 is 28.0 Å². The summed E-state index contributed by atoms with van der Waals surface area (Å²) in [4.78, 5) is 37.6. The van der Waals surface area contributed by atoms with E-state index in [4.69, 9.17) is 9.47 Å². The van der Waals surface area contributed by atoms with Crippen molar-refractivity contribution in [2.24, 2.45) is 5.92 Å². The molecule has 0 unspecified atom stereocenters. The summed E-state index contributed by atoms with van der Waals surface area (Å²) in [5.74, 6) is 0.0624. The van der Waals surface area contributed by atoms with Crippen molar-refractivity contribution in [3.63, 3.8) is 0 Å². The van der Waals surface area contributed by atoms with E-state index in [1.54, 1.807) is 32.0 Å². The number of fused-ring (bicyclic) bond motifs is 4. The van der Waals surface area contributed by atoms with E-state index in [0.717, 1.165) is 16.7 Å². The first-order valence-corrected chi connectivity index (χ1v) is 17.8. The van der Waals surface area contributed by atoms with Gasteiger partial charge in [0.05, 0.1) is 22.7 Å². The van der Waals surface area contributed by atoms with Gasteiger partial charge in [-0.1, -0.05) is 38.1 Å². The summed E-state index contributed by atoms with van der Waals surface area (Å²) in [7, 11) is -4.16. The summed E-state index contributed by atoms with van der Waals surface area (Å²) in [6, 6.07) is 13.2. The van der Waals surface area contributed by atoms with E-state index in [9.17, 15) is 18.0 Å². The molecular formula is C35H45N5O6S. The summed E-state index contributed by atoms with van der Waals surface area (Å²) >= 11 is 0. The number of anilines is 1. The molecule has 1 aliphatic heterocycles. The molecular weight excluding hydrogens is 618 g/mol. The van der Waals surface area contributed by atoms with Gasteiger partial charge in [0.15, 0.2) is 0 Å². The number of nitrogens with zero attached hydrogens (tertiary/aromatic N) is 3. The Balaban J connectivity index is 1.55. The third-order valence-corrected chi connectivity index (χ3v) is 9.93. The highest BCUT2D eigenvalue weighted by Gasteiger charge is 2.36. The first kappa shape index (κ1) is 34.2. The van der Waals surface area contributed by atoms with Crippen LogP contribution in [0.25, 0.3) is 11.3 Å². The van der Waals surface area contributed by atoms with E-state index in [2.05, 4.69) is 33.9 Å². The Morgan fingerprint density at radius 1 is 1.02 bits per heavy atom. The third-order valence-electron chi connectivity index (χ3n) is 8.61. The van der Waals surface area contributed by atoms with Crippen LogP contribution in [0.1, 0.15) is 81.3 Å². The number of aryl methyl sites for hydroxylation is 2. The highest BCUT2D eigenvalue weighted by atomic mass is 32.2. The number of benzene rings is 2. The second kappa shape index (κ2) is 14.3. The molecule has 0 spiro atoms. The van der Waals surface area contributed by atoms with Gasteiger partial charge in [0.25, 0.3) is 15.9 Å². The van der Waals surface area contributed by atoms with Gasteiger partial charge < -0.3 is 19.7 Å². The van der Waals surface area contributed by atoms with Crippen LogP contribution < -0.4 is 14.8 Å². The number of ether oxygens (including phenoxy) is 2. The number of carbonyl (C=O) groups excluding carboxylic acids is 2. The van der Waals surface area contributed by atoms with Gasteiger partial charge in [-0.05, 0) is 95.0 Å². The average molecular weight is 664 g/mol. The Morgan fingerprint density at radius 2 is 1.70 bits per heavy atom. The van der Waals surface area contributed by atoms with E-state index >= 15 is 0 Å². The summed E-state index contributed by atoms with van der Waals surface area (Å²) < 4.78 is 41.5. The fraction of sp³-hybridized carbons (Fsp3) is 0.486. The van der Waals surface area contributed by atoms with Crippen molar-refractivity contribution in [1.29, 1.82) is 0 Å². The number of nitrogens with one attached hydrogen (secondary N) is 2. The van der Waals surface area contributed by atoms with Crippen molar-refractivity contribution < 1.29 is 27.5 Å². The van der Waals surface area contributed by atoms with E-state index in [-0.39, 0.29) is 64.9 Å². The smallest absolute Gasteiger partial charge is 0.407 e. The van der Waals surface area contributed by atoms with Gasteiger partial charge in [-0.3, -0.25) is 4.79 Å². The molecule has 5 rings (SSSR count). The molecule has 1 atom stereocenters. The van der Waals surface area contributed by atoms with Crippen LogP contribution in [0.4, 0.5) is 10.7 Å². The van der Waals surface area contributed by atoms with Crippen LogP contribution in [0.2, 0.25) is 0 Å². The molecule has 2 aliphatic rings. The van der Waals surface area contributed by atoms with E-state index in [0.29, 0.717) is 37.8 Å². The quantitative estimate of drug-likeness (QED) is 0.315. The van der Waals surface area contributed by atoms with E-state index in [1.165, 1.54) is 12.1 Å². The van der Waals surface area contributed by atoms with Crippen LogP contribution in [0.5, 0.6) is 5.88 Å². The molecule has 1 fully saturated rings. The zero-order valence-corrected chi connectivity index (χ0v) is 28.8. The molecule has 1 aromatic heterocycles. The van der Waals surface area contributed by atoms with Crippen molar-refractivity contribution in [1.82, 2.24) is 20.2 Å². The highest BCUT2D eigenvalue weighted by Crippen LogP contribution is 2.32. The Hall–Kier alpha value is -4.19. The fourth-order valence-corrected chi connectivity index (χ4v) is 7.54. The van der Waals surface area contributed by atoms with Crippen LogP contribution >= 0.6 is 0 Å². The molecule has 0 saturated heterocycles. The normalized spacial score (nSPS) is 21.1. The number of amides is 2. The molecule has 3 aromatic rings. The number of hydrogen-bond acceptors (Lipinski definition) is 8. The fourth-order valence-electron chi connectivity index (χ4n) is 6.55. The number of carbonyl (C=O) groups is 2. The molecule has 47 heavy (non-hydrogen) atoms. The molecule has 4 bridgehead atoms. The minimum Gasteiger partial charge on any atom is -0.475 e. The van der Waals surface area contributed by atoms with Crippen LogP contribution in [-0.4, -0.2) is 66.1 Å². The molecule has 2 N–H and O–H groups in total. The van der Waals surface area contributed by atoms with Crippen molar-refractivity contribution in [2.75, 3.05) is 11.3 Å². The highest BCUT2D eigenvalue weighted by molar-refractivity contribution is 7.92. The maximum absolute atomic E-state index is 14.4. The number of aromatic nitrogens is 2. The minimum atomic E-state index is -4.16. The molecule has 2 heterocycles. The molecule has 1 aliphatic carbocycles. The second-order valence-electron chi connectivity index (χ2n) is 13.2. The van der Waals surface area contributed by atoms with Gasteiger partial charge in [0, 0.05) is 29.3 Å². The largest absolute Gasteiger partial charge is 0.475 e. The monoisotopic (exact) mass is 663 g/mol.